The lowest BCUT2D eigenvalue weighted by Gasteiger charge is -2.27. The van der Waals surface area contributed by atoms with Gasteiger partial charge in [0, 0.05) is 10.0 Å². The number of methoxy groups -OCH3 is 1. The van der Waals surface area contributed by atoms with Crippen molar-refractivity contribution in [3.63, 3.8) is 0 Å². The lowest BCUT2D eigenvalue weighted by molar-refractivity contribution is -0.139. The molecule has 1 atom stereocenters. The molecule has 1 aliphatic heterocycles. The number of unbranched alkanes of at least 4 members (excludes halogenated alkanes) is 1. The normalized spacial score (nSPS) is 15.5. The Bertz CT molecular complexity index is 1590. The number of nitrogens with two attached hydrogens (primary N) is 1. The molecule has 0 bridgehead atoms. The molecule has 0 unspecified atom stereocenters. The second-order valence-corrected chi connectivity index (χ2v) is 10.1. The first-order chi connectivity index (χ1) is 17.8. The molecule has 2 aromatic carbocycles. The van der Waals surface area contributed by atoms with Crippen molar-refractivity contribution in [3.8, 4) is 0 Å². The minimum absolute atomic E-state index is 0.0544. The molecular formula is C27H24Cl2N2O5S. The maximum atomic E-state index is 13.6. The highest BCUT2D eigenvalue weighted by molar-refractivity contribution is 7.07. The lowest BCUT2D eigenvalue weighted by atomic mass is 9.83. The zero-order valence-electron chi connectivity index (χ0n) is 20.1. The number of hydrogen-bond donors (Lipinski definition) is 1. The smallest absolute Gasteiger partial charge is 0.338 e. The summed E-state index contributed by atoms with van der Waals surface area (Å²) in [6.45, 7) is 2.12. The van der Waals surface area contributed by atoms with Gasteiger partial charge < -0.3 is 15.2 Å². The minimum atomic E-state index is -1.01. The van der Waals surface area contributed by atoms with Crippen LogP contribution in [0.15, 0.2) is 58.9 Å². The Labute approximate surface area is 227 Å². The van der Waals surface area contributed by atoms with E-state index in [0.29, 0.717) is 27.6 Å². The van der Waals surface area contributed by atoms with E-state index in [1.165, 1.54) is 7.11 Å². The van der Waals surface area contributed by atoms with Gasteiger partial charge in [-0.2, -0.15) is 0 Å². The van der Waals surface area contributed by atoms with E-state index in [1.807, 2.05) is 6.92 Å². The second-order valence-electron chi connectivity index (χ2n) is 8.23. The zero-order chi connectivity index (χ0) is 26.7. The van der Waals surface area contributed by atoms with Gasteiger partial charge in [0.05, 0.1) is 35.3 Å². The van der Waals surface area contributed by atoms with Crippen molar-refractivity contribution in [3.05, 3.63) is 94.8 Å². The van der Waals surface area contributed by atoms with Crippen LogP contribution >= 0.6 is 34.5 Å². The molecule has 0 saturated heterocycles. The number of halogens is 2. The number of fused-ring (bicyclic) bond motifs is 1. The molecule has 0 aliphatic carbocycles. The Balaban J connectivity index is 2.09. The first-order valence-electron chi connectivity index (χ1n) is 11.5. The number of hydrogen-bond acceptors (Lipinski definition) is 7. The molecule has 3 aromatic rings. The topological polar surface area (TPSA) is 101 Å². The Morgan fingerprint density at radius 3 is 2.38 bits per heavy atom. The molecule has 0 amide bonds. The van der Waals surface area contributed by atoms with Gasteiger partial charge in [0.1, 0.15) is 10.5 Å². The van der Waals surface area contributed by atoms with Crippen LogP contribution in [0.4, 0.5) is 0 Å². The molecular weight excluding hydrogens is 535 g/mol. The van der Waals surface area contributed by atoms with Gasteiger partial charge in [-0.1, -0.05) is 72.9 Å². The Morgan fingerprint density at radius 2 is 1.73 bits per heavy atom. The van der Waals surface area contributed by atoms with Crippen LogP contribution in [0.5, 0.6) is 0 Å². The molecule has 2 heterocycles. The van der Waals surface area contributed by atoms with Crippen LogP contribution in [-0.4, -0.2) is 30.2 Å². The lowest BCUT2D eigenvalue weighted by Crippen LogP contribution is -2.42. The molecule has 2 N–H and O–H groups in total. The highest BCUT2D eigenvalue weighted by atomic mass is 35.5. The highest BCUT2D eigenvalue weighted by Gasteiger charge is 2.40. The maximum Gasteiger partial charge on any atom is 0.338 e. The number of aromatic nitrogens is 1. The quantitative estimate of drug-likeness (QED) is 0.351. The summed E-state index contributed by atoms with van der Waals surface area (Å²) in [6, 6.07) is 13.8. The molecule has 10 heteroatoms. The van der Waals surface area contributed by atoms with Crippen molar-refractivity contribution in [1.29, 1.82) is 0 Å². The van der Waals surface area contributed by atoms with Crippen molar-refractivity contribution in [2.75, 3.05) is 13.7 Å². The Kier molecular flexibility index (Phi) is 8.22. The second kappa shape index (κ2) is 11.4. The predicted molar refractivity (Wildman–Crippen MR) is 146 cm³/mol. The fraction of sp³-hybridized carbons (Fsp3) is 0.222. The molecule has 192 valence electrons. The molecule has 1 aromatic heterocycles. The van der Waals surface area contributed by atoms with Gasteiger partial charge in [-0.05, 0) is 35.8 Å². The van der Waals surface area contributed by atoms with E-state index in [1.54, 1.807) is 54.6 Å². The van der Waals surface area contributed by atoms with Crippen molar-refractivity contribution in [1.82, 2.24) is 4.57 Å². The summed E-state index contributed by atoms with van der Waals surface area (Å²) in [5.74, 6) is -2.61. The SMILES string of the molecule is CCCCOC(=O)C1=C(N)n2c(s/c(=C\c3ccccc3Cl)c2=O)=C(C(=O)OC)[C@H]1c1ccccc1Cl. The molecule has 0 radical (unpaired) electrons. The summed E-state index contributed by atoms with van der Waals surface area (Å²) < 4.78 is 12.3. The van der Waals surface area contributed by atoms with Crippen molar-refractivity contribution < 1.29 is 19.1 Å². The highest BCUT2D eigenvalue weighted by Crippen LogP contribution is 2.40. The van der Waals surface area contributed by atoms with Gasteiger partial charge >= 0.3 is 11.9 Å². The third-order valence-electron chi connectivity index (χ3n) is 5.91. The number of carbonyl (C=O) groups excluding carboxylic acids is 2. The van der Waals surface area contributed by atoms with Crippen molar-refractivity contribution >= 4 is 63.9 Å². The number of carbonyl (C=O) groups is 2. The number of nitrogens with zero attached hydrogens (tertiary/aromatic N) is 1. The van der Waals surface area contributed by atoms with Crippen LogP contribution < -0.4 is 20.5 Å². The van der Waals surface area contributed by atoms with Crippen LogP contribution in [0.2, 0.25) is 10.0 Å². The van der Waals surface area contributed by atoms with Gasteiger partial charge in [0.15, 0.2) is 0 Å². The van der Waals surface area contributed by atoms with E-state index < -0.39 is 23.4 Å². The van der Waals surface area contributed by atoms with E-state index in [2.05, 4.69) is 0 Å². The molecule has 1 aliphatic rings. The van der Waals surface area contributed by atoms with Crippen LogP contribution in [0.3, 0.4) is 0 Å². The van der Waals surface area contributed by atoms with E-state index in [9.17, 15) is 14.4 Å². The fourth-order valence-electron chi connectivity index (χ4n) is 4.10. The zero-order valence-corrected chi connectivity index (χ0v) is 22.5. The van der Waals surface area contributed by atoms with E-state index >= 15 is 0 Å². The van der Waals surface area contributed by atoms with Gasteiger partial charge in [-0.15, -0.1) is 11.3 Å². The van der Waals surface area contributed by atoms with Gasteiger partial charge in [-0.25, -0.2) is 9.59 Å². The molecule has 0 fully saturated rings. The monoisotopic (exact) mass is 558 g/mol. The number of rotatable bonds is 7. The number of ether oxygens (including phenoxy) is 2. The average molecular weight is 559 g/mol. The van der Waals surface area contributed by atoms with Gasteiger partial charge in [0.2, 0.25) is 0 Å². The summed E-state index contributed by atoms with van der Waals surface area (Å²) in [5.41, 5.74) is 7.09. The number of thiazole rings is 1. The molecule has 0 spiro atoms. The predicted octanol–water partition coefficient (Wildman–Crippen LogP) is 3.64. The number of benzene rings is 2. The summed E-state index contributed by atoms with van der Waals surface area (Å²) in [5, 5.41) is 0.767. The molecule has 7 nitrogen and oxygen atoms in total. The Hall–Kier alpha value is -3.33. The average Bonchev–Trinajstić information content (AvgIpc) is 3.21. The van der Waals surface area contributed by atoms with Crippen LogP contribution in [-0.2, 0) is 19.1 Å². The first-order valence-corrected chi connectivity index (χ1v) is 13.1. The van der Waals surface area contributed by atoms with Gasteiger partial charge in [-0.3, -0.25) is 9.36 Å². The summed E-state index contributed by atoms with van der Waals surface area (Å²) in [6.07, 6.45) is 3.07. The van der Waals surface area contributed by atoms with E-state index in [-0.39, 0.29) is 32.8 Å². The van der Waals surface area contributed by atoms with Crippen molar-refractivity contribution in [2.45, 2.75) is 25.7 Å². The largest absolute Gasteiger partial charge is 0.466 e. The number of esters is 2. The molecule has 0 saturated carbocycles. The van der Waals surface area contributed by atoms with Crippen LogP contribution in [0, 0.1) is 0 Å². The van der Waals surface area contributed by atoms with Crippen molar-refractivity contribution in [2.24, 2.45) is 5.73 Å². The summed E-state index contributed by atoms with van der Waals surface area (Å²) in [4.78, 5) is 40.2. The summed E-state index contributed by atoms with van der Waals surface area (Å²) >= 11 is 13.9. The summed E-state index contributed by atoms with van der Waals surface area (Å²) in [7, 11) is 1.23. The van der Waals surface area contributed by atoms with E-state index in [0.717, 1.165) is 22.3 Å². The van der Waals surface area contributed by atoms with Crippen LogP contribution in [0.25, 0.3) is 17.5 Å². The molecule has 4 rings (SSSR count). The molecule has 37 heavy (non-hydrogen) atoms. The first kappa shape index (κ1) is 26.7. The van der Waals surface area contributed by atoms with Crippen LogP contribution in [0.1, 0.15) is 36.8 Å². The third-order valence-corrected chi connectivity index (χ3v) is 7.71. The maximum absolute atomic E-state index is 13.6. The fourth-order valence-corrected chi connectivity index (χ4v) is 5.69. The van der Waals surface area contributed by atoms with E-state index in [4.69, 9.17) is 38.4 Å². The van der Waals surface area contributed by atoms with Gasteiger partial charge in [0.25, 0.3) is 5.56 Å². The Morgan fingerprint density at radius 1 is 1.05 bits per heavy atom. The minimum Gasteiger partial charge on any atom is -0.466 e. The standard InChI is InChI=1S/C27H24Cl2N2O5S/c1-3-4-13-36-27(34)21-20(16-10-6-8-12-18(16)29)22(26(33)35-2)25-31(23(21)30)24(32)19(37-25)14-15-9-5-7-11-17(15)28/h5-12,14,20H,3-4,13,30H2,1-2H3/b19-14-/t20-/m0/s1. The third kappa shape index (κ3) is 5.09.